The molecule has 3 heteroatoms. The van der Waals surface area contributed by atoms with Crippen LogP contribution in [0, 0.1) is 0 Å². The van der Waals surface area contributed by atoms with Crippen LogP contribution in [0.2, 0.25) is 0 Å². The van der Waals surface area contributed by atoms with Crippen LogP contribution < -0.4 is 0 Å². The quantitative estimate of drug-likeness (QED) is 0.255. The Balaban J connectivity index is 2.60. The molecule has 3 nitrogen and oxygen atoms in total. The predicted molar refractivity (Wildman–Crippen MR) is 20.2 cm³/mol. The van der Waals surface area contributed by atoms with E-state index in [-0.39, 0.29) is 5.76 Å². The van der Waals surface area contributed by atoms with Crippen LogP contribution in [0.3, 0.4) is 0 Å². The number of ether oxygens (including phenoxy) is 1. The average Bonchev–Trinajstić information content (AvgIpc) is 2.22. The van der Waals surface area contributed by atoms with Gasteiger partial charge >= 0.3 is 5.97 Å². The first-order valence-electron chi connectivity index (χ1n) is 1.72. The molecule has 1 aliphatic rings. The van der Waals surface area contributed by atoms with Gasteiger partial charge in [0, 0.05) is 6.08 Å². The highest BCUT2D eigenvalue weighted by molar-refractivity contribution is 6.03. The number of cyclic esters (lactones) is 1. The van der Waals surface area contributed by atoms with Crippen molar-refractivity contribution < 1.29 is 14.3 Å². The van der Waals surface area contributed by atoms with Crippen molar-refractivity contribution in [2.24, 2.45) is 0 Å². The van der Waals surface area contributed by atoms with E-state index in [1.54, 1.807) is 0 Å². The maximum Gasteiger partial charge on any atom is 0.380 e. The molecule has 0 bridgehead atoms. The van der Waals surface area contributed by atoms with Crippen molar-refractivity contribution >= 4 is 12.3 Å². The van der Waals surface area contributed by atoms with Gasteiger partial charge in [-0.1, -0.05) is 0 Å². The number of aldehydes is 1. The zero-order valence-electron chi connectivity index (χ0n) is 3.38. The largest absolute Gasteiger partial charge is 0.413 e. The molecule has 0 aromatic carbocycles. The Kier molecular flexibility index (Phi) is 0.685. The first-order valence-corrected chi connectivity index (χ1v) is 1.72. The second-order valence-electron chi connectivity index (χ2n) is 1.06. The van der Waals surface area contributed by atoms with Crippen LogP contribution in [-0.4, -0.2) is 12.3 Å². The molecule has 0 atom stereocenters. The lowest BCUT2D eigenvalue weighted by molar-refractivity contribution is -0.117. The molecule has 0 aromatic rings. The zero-order chi connectivity index (χ0) is 5.28. The highest BCUT2D eigenvalue weighted by Gasteiger charge is 2.29. The van der Waals surface area contributed by atoms with E-state index in [1.165, 1.54) is 0 Å². The average molecular weight is 98.1 g/mol. The molecule has 0 spiro atoms. The number of rotatable bonds is 1. The maximum absolute atomic E-state index is 9.83. The van der Waals surface area contributed by atoms with Crippen molar-refractivity contribution in [1.82, 2.24) is 0 Å². The van der Waals surface area contributed by atoms with Gasteiger partial charge in [-0.2, -0.15) is 0 Å². The van der Waals surface area contributed by atoms with Crippen LogP contribution in [0.1, 0.15) is 0 Å². The lowest BCUT2D eigenvalue weighted by atomic mass is 10.6. The Labute approximate surface area is 39.6 Å². The highest BCUT2D eigenvalue weighted by atomic mass is 16.6. The Morgan fingerprint density at radius 3 is 2.29 bits per heavy atom. The molecule has 0 unspecified atom stereocenters. The standard InChI is InChI=1S/C4H2O3/c5-2-1-3-4(6)7-3/h1-2H. The molecule has 0 N–H and O–H groups in total. The van der Waals surface area contributed by atoms with Crippen molar-refractivity contribution in [2.75, 3.05) is 0 Å². The monoisotopic (exact) mass is 98.0 g/mol. The van der Waals surface area contributed by atoms with Gasteiger partial charge in [-0.25, -0.2) is 4.79 Å². The topological polar surface area (TPSA) is 46.7 Å². The van der Waals surface area contributed by atoms with E-state index in [0.29, 0.717) is 6.29 Å². The Morgan fingerprint density at radius 2 is 2.14 bits per heavy atom. The van der Waals surface area contributed by atoms with Gasteiger partial charge in [0.2, 0.25) is 5.76 Å². The lowest BCUT2D eigenvalue weighted by Gasteiger charge is -1.47. The van der Waals surface area contributed by atoms with Crippen LogP contribution in [0.15, 0.2) is 11.8 Å². The summed E-state index contributed by atoms with van der Waals surface area (Å²) in [5.74, 6) is -0.234. The molecule has 0 aromatic heterocycles. The summed E-state index contributed by atoms with van der Waals surface area (Å²) in [6.45, 7) is 0. The molecule has 1 aliphatic heterocycles. The minimum absolute atomic E-state index is 0.162. The van der Waals surface area contributed by atoms with Gasteiger partial charge in [-0.3, -0.25) is 4.79 Å². The van der Waals surface area contributed by atoms with E-state index in [0.717, 1.165) is 6.08 Å². The fourth-order valence-electron chi connectivity index (χ4n) is 0.238. The third kappa shape index (κ3) is 0.652. The Hall–Kier alpha value is -1.12. The third-order valence-corrected chi connectivity index (χ3v) is 0.582. The molecule has 36 valence electrons. The summed E-state index contributed by atoms with van der Waals surface area (Å²) in [6.07, 6.45) is 1.60. The van der Waals surface area contributed by atoms with Gasteiger partial charge in [0.1, 0.15) is 6.29 Å². The molecular weight excluding hydrogens is 96.0 g/mol. The van der Waals surface area contributed by atoms with Crippen LogP contribution in [0.4, 0.5) is 0 Å². The van der Waals surface area contributed by atoms with Gasteiger partial charge in [0.25, 0.3) is 0 Å². The molecular formula is C4H2O3. The minimum atomic E-state index is -0.396. The van der Waals surface area contributed by atoms with Crippen molar-refractivity contribution in [3.05, 3.63) is 11.8 Å². The fraction of sp³-hybridized carbons (Fsp3) is 0. The number of epoxide rings is 1. The molecule has 7 heavy (non-hydrogen) atoms. The van der Waals surface area contributed by atoms with Crippen molar-refractivity contribution in [3.8, 4) is 0 Å². The van der Waals surface area contributed by atoms with Gasteiger partial charge in [0.05, 0.1) is 0 Å². The SMILES string of the molecule is O=CC=C1OC1=O. The molecule has 1 rings (SSSR count). The number of carbonyl (C=O) groups is 2. The van der Waals surface area contributed by atoms with E-state index in [2.05, 4.69) is 4.74 Å². The van der Waals surface area contributed by atoms with Crippen LogP contribution in [-0.2, 0) is 14.3 Å². The fourth-order valence-corrected chi connectivity index (χ4v) is 0.238. The summed E-state index contributed by atoms with van der Waals surface area (Å²) in [6, 6.07) is 0. The summed E-state index contributed by atoms with van der Waals surface area (Å²) in [5, 5.41) is 0. The summed E-state index contributed by atoms with van der Waals surface area (Å²) in [4.78, 5) is 19.3. The van der Waals surface area contributed by atoms with Crippen LogP contribution in [0.5, 0.6) is 0 Å². The first kappa shape index (κ1) is 4.05. The molecule has 1 fully saturated rings. The summed E-state index contributed by atoms with van der Waals surface area (Å²) < 4.78 is 4.15. The van der Waals surface area contributed by atoms with E-state index < -0.39 is 5.97 Å². The van der Waals surface area contributed by atoms with Crippen LogP contribution >= 0.6 is 0 Å². The van der Waals surface area contributed by atoms with Crippen molar-refractivity contribution in [1.29, 1.82) is 0 Å². The van der Waals surface area contributed by atoms with Crippen molar-refractivity contribution in [2.45, 2.75) is 0 Å². The normalized spacial score (nSPS) is 21.7. The maximum atomic E-state index is 9.83. The van der Waals surface area contributed by atoms with E-state index in [1.807, 2.05) is 0 Å². The first-order chi connectivity index (χ1) is 3.34. The molecule has 0 aliphatic carbocycles. The van der Waals surface area contributed by atoms with E-state index >= 15 is 0 Å². The number of hydrogen-bond donors (Lipinski definition) is 0. The third-order valence-electron chi connectivity index (χ3n) is 0.582. The second kappa shape index (κ2) is 1.18. The molecule has 0 radical (unpaired) electrons. The van der Waals surface area contributed by atoms with E-state index in [9.17, 15) is 9.59 Å². The van der Waals surface area contributed by atoms with Gasteiger partial charge in [0.15, 0.2) is 0 Å². The number of carbonyl (C=O) groups excluding carboxylic acids is 2. The van der Waals surface area contributed by atoms with Gasteiger partial charge in [-0.05, 0) is 0 Å². The summed E-state index contributed by atoms with van der Waals surface area (Å²) >= 11 is 0. The minimum Gasteiger partial charge on any atom is -0.413 e. The predicted octanol–water partition coefficient (Wildman–Crippen LogP) is -0.374. The van der Waals surface area contributed by atoms with Crippen LogP contribution in [0.25, 0.3) is 0 Å². The van der Waals surface area contributed by atoms with Gasteiger partial charge < -0.3 is 4.74 Å². The van der Waals surface area contributed by atoms with E-state index in [4.69, 9.17) is 0 Å². The molecule has 0 saturated carbocycles. The molecule has 1 saturated heterocycles. The van der Waals surface area contributed by atoms with Gasteiger partial charge in [-0.15, -0.1) is 0 Å². The summed E-state index contributed by atoms with van der Waals surface area (Å²) in [5.41, 5.74) is 0. The lowest BCUT2D eigenvalue weighted by Crippen LogP contribution is -1.59. The molecule has 0 amide bonds. The Morgan fingerprint density at radius 1 is 1.57 bits per heavy atom. The number of hydrogen-bond acceptors (Lipinski definition) is 3. The zero-order valence-corrected chi connectivity index (χ0v) is 3.38. The second-order valence-corrected chi connectivity index (χ2v) is 1.06. The highest BCUT2D eigenvalue weighted by Crippen LogP contribution is 2.14. The molecule has 1 heterocycles. The summed E-state index contributed by atoms with van der Waals surface area (Å²) in [7, 11) is 0. The number of allylic oxidation sites excluding steroid dienone is 1. The van der Waals surface area contributed by atoms with Crippen molar-refractivity contribution in [3.63, 3.8) is 0 Å². The smallest absolute Gasteiger partial charge is 0.380 e. The Bertz CT molecular complexity index is 145.